The van der Waals surface area contributed by atoms with Crippen LogP contribution >= 0.6 is 0 Å². The van der Waals surface area contributed by atoms with E-state index in [4.69, 9.17) is 0 Å². The first-order valence-electron chi connectivity index (χ1n) is 8.39. The summed E-state index contributed by atoms with van der Waals surface area (Å²) in [5.41, 5.74) is 1.92. The third-order valence-electron chi connectivity index (χ3n) is 4.15. The van der Waals surface area contributed by atoms with E-state index in [0.717, 1.165) is 31.8 Å². The molecule has 0 saturated heterocycles. The van der Waals surface area contributed by atoms with Crippen molar-refractivity contribution in [3.05, 3.63) is 35.4 Å². The first-order valence-corrected chi connectivity index (χ1v) is 8.39. The Morgan fingerprint density at radius 3 is 2.23 bits per heavy atom. The van der Waals surface area contributed by atoms with Crippen LogP contribution in [0.3, 0.4) is 0 Å². The largest absolute Gasteiger partial charge is 0.388 e. The second-order valence-electron chi connectivity index (χ2n) is 5.60. The van der Waals surface area contributed by atoms with Gasteiger partial charge >= 0.3 is 0 Å². The number of nitrogens with one attached hydrogen (secondary N) is 2. The molecule has 0 aliphatic rings. The molecule has 0 amide bonds. The van der Waals surface area contributed by atoms with Gasteiger partial charge in [0.25, 0.3) is 0 Å². The highest BCUT2D eigenvalue weighted by Crippen LogP contribution is 2.13. The van der Waals surface area contributed by atoms with E-state index in [1.807, 2.05) is 20.8 Å². The molecule has 0 bridgehead atoms. The lowest BCUT2D eigenvalue weighted by Gasteiger charge is -2.26. The van der Waals surface area contributed by atoms with Crippen molar-refractivity contribution in [3.63, 3.8) is 0 Å². The van der Waals surface area contributed by atoms with Gasteiger partial charge in [-0.1, -0.05) is 45.0 Å². The number of hydrogen-bond donors (Lipinski definition) is 3. The van der Waals surface area contributed by atoms with Crippen molar-refractivity contribution in [2.45, 2.75) is 59.1 Å². The van der Waals surface area contributed by atoms with Crippen molar-refractivity contribution in [1.82, 2.24) is 10.6 Å². The number of guanidine groups is 1. The maximum Gasteiger partial charge on any atom is 0.191 e. The first kappa shape index (κ1) is 18.5. The third kappa shape index (κ3) is 5.68. The fourth-order valence-corrected chi connectivity index (χ4v) is 2.31. The van der Waals surface area contributed by atoms with Crippen LogP contribution < -0.4 is 10.6 Å². The number of aliphatic imine (C=N–C) groups is 1. The summed E-state index contributed by atoms with van der Waals surface area (Å²) in [7, 11) is 0. The predicted molar refractivity (Wildman–Crippen MR) is 94.2 cm³/mol. The molecule has 3 N–H and O–H groups in total. The summed E-state index contributed by atoms with van der Waals surface area (Å²) in [5, 5.41) is 16.9. The van der Waals surface area contributed by atoms with Crippen LogP contribution in [0.4, 0.5) is 0 Å². The van der Waals surface area contributed by atoms with Gasteiger partial charge in [-0.15, -0.1) is 0 Å². The van der Waals surface area contributed by atoms with Gasteiger partial charge in [-0.2, -0.15) is 0 Å². The Kier molecular flexibility index (Phi) is 7.96. The molecule has 0 spiro atoms. The van der Waals surface area contributed by atoms with Crippen LogP contribution in [0.1, 0.15) is 51.7 Å². The predicted octanol–water partition coefficient (Wildman–Crippen LogP) is 2.86. The zero-order valence-corrected chi connectivity index (χ0v) is 14.4. The normalized spacial score (nSPS) is 12.3. The molecule has 0 atom stereocenters. The number of rotatable bonds is 8. The number of aliphatic hydroxyl groups is 1. The number of nitrogens with zero attached hydrogens (tertiary/aromatic N) is 1. The maximum atomic E-state index is 10.4. The summed E-state index contributed by atoms with van der Waals surface area (Å²) in [6.45, 7) is 10.2. The molecule has 0 heterocycles. The molecule has 0 radical (unpaired) electrons. The van der Waals surface area contributed by atoms with Crippen molar-refractivity contribution in [3.8, 4) is 0 Å². The van der Waals surface area contributed by atoms with Crippen LogP contribution in [-0.4, -0.2) is 29.8 Å². The highest BCUT2D eigenvalue weighted by Gasteiger charge is 2.22. The molecular weight excluding hydrogens is 274 g/mol. The van der Waals surface area contributed by atoms with Crippen molar-refractivity contribution >= 4 is 5.96 Å². The highest BCUT2D eigenvalue weighted by molar-refractivity contribution is 5.79. The Hall–Kier alpha value is -1.55. The molecule has 4 nitrogen and oxygen atoms in total. The Bertz CT molecular complexity index is 467. The smallest absolute Gasteiger partial charge is 0.191 e. The number of aryl methyl sites for hydroxylation is 1. The van der Waals surface area contributed by atoms with Gasteiger partial charge in [0.2, 0.25) is 0 Å². The van der Waals surface area contributed by atoms with Crippen molar-refractivity contribution in [2.24, 2.45) is 4.99 Å². The van der Waals surface area contributed by atoms with Crippen LogP contribution in [-0.2, 0) is 13.0 Å². The molecular formula is C18H31N3O. The standard InChI is InChI=1S/C18H31N3O/c1-5-15-11-9-10-12-16(15)13-20-17(19-8-4)21-14-18(22,6-2)7-3/h9-12,22H,5-8,13-14H2,1-4H3,(H2,19,20,21). The second kappa shape index (κ2) is 9.46. The summed E-state index contributed by atoms with van der Waals surface area (Å²) in [4.78, 5) is 4.65. The number of benzene rings is 1. The maximum absolute atomic E-state index is 10.4. The minimum atomic E-state index is -0.669. The first-order chi connectivity index (χ1) is 10.6. The topological polar surface area (TPSA) is 56.7 Å². The average molecular weight is 305 g/mol. The monoisotopic (exact) mass is 305 g/mol. The molecule has 1 aromatic rings. The lowest BCUT2D eigenvalue weighted by Crippen LogP contribution is -2.46. The van der Waals surface area contributed by atoms with Crippen molar-refractivity contribution < 1.29 is 5.11 Å². The fourth-order valence-electron chi connectivity index (χ4n) is 2.31. The molecule has 0 fully saturated rings. The van der Waals surface area contributed by atoms with E-state index in [0.29, 0.717) is 13.1 Å². The van der Waals surface area contributed by atoms with Gasteiger partial charge in [-0.05, 0) is 37.3 Å². The summed E-state index contributed by atoms with van der Waals surface area (Å²) >= 11 is 0. The van der Waals surface area contributed by atoms with Gasteiger partial charge in [0.05, 0.1) is 12.1 Å². The Morgan fingerprint density at radius 2 is 1.68 bits per heavy atom. The Labute approximate surface area is 135 Å². The molecule has 1 aromatic carbocycles. The second-order valence-corrected chi connectivity index (χ2v) is 5.60. The quantitative estimate of drug-likeness (QED) is 0.511. The van der Waals surface area contributed by atoms with Crippen LogP contribution in [0.15, 0.2) is 29.3 Å². The summed E-state index contributed by atoms with van der Waals surface area (Å²) in [5.74, 6) is 0.758. The van der Waals surface area contributed by atoms with Gasteiger partial charge in [-0.25, -0.2) is 4.99 Å². The minimum absolute atomic E-state index is 0.515. The molecule has 0 aliphatic carbocycles. The zero-order valence-electron chi connectivity index (χ0n) is 14.4. The minimum Gasteiger partial charge on any atom is -0.388 e. The van der Waals surface area contributed by atoms with Crippen LogP contribution in [0.25, 0.3) is 0 Å². The Balaban J connectivity index is 2.73. The van der Waals surface area contributed by atoms with Crippen LogP contribution in [0.5, 0.6) is 0 Å². The van der Waals surface area contributed by atoms with Gasteiger partial charge in [0.15, 0.2) is 5.96 Å². The fraction of sp³-hybridized carbons (Fsp3) is 0.611. The Morgan fingerprint density at radius 1 is 1.05 bits per heavy atom. The molecule has 124 valence electrons. The van der Waals surface area contributed by atoms with Gasteiger partial charge in [-0.3, -0.25) is 0 Å². The van der Waals surface area contributed by atoms with Crippen molar-refractivity contribution in [2.75, 3.05) is 13.1 Å². The van der Waals surface area contributed by atoms with Gasteiger partial charge < -0.3 is 15.7 Å². The molecule has 0 aliphatic heterocycles. The van der Waals surface area contributed by atoms with E-state index in [2.05, 4.69) is 46.8 Å². The zero-order chi connectivity index (χ0) is 16.4. The van der Waals surface area contributed by atoms with E-state index in [1.165, 1.54) is 11.1 Å². The van der Waals surface area contributed by atoms with Gasteiger partial charge in [0.1, 0.15) is 0 Å². The molecule has 1 rings (SSSR count). The van der Waals surface area contributed by atoms with E-state index in [-0.39, 0.29) is 0 Å². The van der Waals surface area contributed by atoms with Gasteiger partial charge in [0, 0.05) is 13.1 Å². The van der Waals surface area contributed by atoms with Crippen molar-refractivity contribution in [1.29, 1.82) is 0 Å². The van der Waals surface area contributed by atoms with E-state index in [9.17, 15) is 5.11 Å². The lowest BCUT2D eigenvalue weighted by atomic mass is 9.98. The lowest BCUT2D eigenvalue weighted by molar-refractivity contribution is 0.0367. The average Bonchev–Trinajstić information content (AvgIpc) is 2.57. The molecule has 0 aromatic heterocycles. The van der Waals surface area contributed by atoms with E-state index in [1.54, 1.807) is 0 Å². The van der Waals surface area contributed by atoms with Crippen LogP contribution in [0, 0.1) is 0 Å². The SMILES string of the molecule is CCNC(=NCc1ccccc1CC)NCC(O)(CC)CC. The summed E-state index contributed by atoms with van der Waals surface area (Å²) < 4.78 is 0. The van der Waals surface area contributed by atoms with E-state index >= 15 is 0 Å². The van der Waals surface area contributed by atoms with Crippen LogP contribution in [0.2, 0.25) is 0 Å². The summed E-state index contributed by atoms with van der Waals surface area (Å²) in [6, 6.07) is 8.40. The molecule has 22 heavy (non-hydrogen) atoms. The third-order valence-corrected chi connectivity index (χ3v) is 4.15. The molecule has 4 heteroatoms. The summed E-state index contributed by atoms with van der Waals surface area (Å²) in [6.07, 6.45) is 2.48. The number of hydrogen-bond acceptors (Lipinski definition) is 2. The highest BCUT2D eigenvalue weighted by atomic mass is 16.3. The van der Waals surface area contributed by atoms with E-state index < -0.39 is 5.60 Å². The molecule has 0 unspecified atom stereocenters. The molecule has 0 saturated carbocycles.